The SMILES string of the molecule is CN(C)C1CCCN(C(=O)c2cc(-c3ccc(Cl)cc3)nc3ccccc23)C1. The summed E-state index contributed by atoms with van der Waals surface area (Å²) in [6.45, 7) is 1.56. The molecule has 4 rings (SSSR count). The number of nitrogens with zero attached hydrogens (tertiary/aromatic N) is 3. The van der Waals surface area contributed by atoms with E-state index in [4.69, 9.17) is 16.6 Å². The highest BCUT2D eigenvalue weighted by Crippen LogP contribution is 2.27. The number of hydrogen-bond donors (Lipinski definition) is 0. The van der Waals surface area contributed by atoms with E-state index in [2.05, 4.69) is 19.0 Å². The molecule has 144 valence electrons. The molecule has 0 saturated carbocycles. The molecule has 1 aliphatic heterocycles. The van der Waals surface area contributed by atoms with Crippen LogP contribution in [0.2, 0.25) is 5.02 Å². The number of pyridine rings is 1. The summed E-state index contributed by atoms with van der Waals surface area (Å²) in [5.41, 5.74) is 3.29. The third-order valence-corrected chi connectivity index (χ3v) is 5.75. The minimum absolute atomic E-state index is 0.0837. The summed E-state index contributed by atoms with van der Waals surface area (Å²) in [6, 6.07) is 17.8. The van der Waals surface area contributed by atoms with E-state index in [9.17, 15) is 4.79 Å². The standard InChI is InChI=1S/C23H24ClN3O/c1-26(2)18-6-5-13-27(15-18)23(28)20-14-22(16-9-11-17(24)12-10-16)25-21-8-4-3-7-19(20)21/h3-4,7-12,14,18H,5-6,13,15H2,1-2H3. The van der Waals surface area contributed by atoms with Gasteiger partial charge in [-0.2, -0.15) is 0 Å². The summed E-state index contributed by atoms with van der Waals surface area (Å²) in [6.07, 6.45) is 2.16. The van der Waals surface area contributed by atoms with Crippen LogP contribution in [-0.2, 0) is 0 Å². The first kappa shape index (κ1) is 18.9. The van der Waals surface area contributed by atoms with Crippen molar-refractivity contribution in [2.45, 2.75) is 18.9 Å². The van der Waals surface area contributed by atoms with Gasteiger partial charge in [0.25, 0.3) is 5.91 Å². The minimum Gasteiger partial charge on any atom is -0.337 e. The first-order valence-corrected chi connectivity index (χ1v) is 10.0. The molecule has 1 unspecified atom stereocenters. The van der Waals surface area contributed by atoms with Crippen molar-refractivity contribution in [2.24, 2.45) is 0 Å². The fourth-order valence-electron chi connectivity index (χ4n) is 3.85. The Bertz CT molecular complexity index is 1000. The number of carbonyl (C=O) groups is 1. The highest BCUT2D eigenvalue weighted by Gasteiger charge is 2.27. The van der Waals surface area contributed by atoms with E-state index in [0.717, 1.165) is 53.7 Å². The molecule has 1 amide bonds. The molecule has 28 heavy (non-hydrogen) atoms. The third-order valence-electron chi connectivity index (χ3n) is 5.50. The van der Waals surface area contributed by atoms with Crippen LogP contribution in [0.3, 0.4) is 0 Å². The van der Waals surface area contributed by atoms with Gasteiger partial charge in [-0.1, -0.05) is 41.9 Å². The maximum absolute atomic E-state index is 13.5. The maximum Gasteiger partial charge on any atom is 0.254 e. The zero-order valence-corrected chi connectivity index (χ0v) is 17.0. The maximum atomic E-state index is 13.5. The number of likely N-dealkylation sites (N-methyl/N-ethyl adjacent to an activating group) is 1. The third kappa shape index (κ3) is 3.75. The molecule has 3 aromatic rings. The molecular formula is C23H24ClN3O. The minimum atomic E-state index is 0.0837. The highest BCUT2D eigenvalue weighted by molar-refractivity contribution is 6.30. The van der Waals surface area contributed by atoms with E-state index >= 15 is 0 Å². The molecule has 5 heteroatoms. The number of piperidine rings is 1. The van der Waals surface area contributed by atoms with Crippen LogP contribution in [0.1, 0.15) is 23.2 Å². The second-order valence-corrected chi connectivity index (χ2v) is 8.03. The number of amides is 1. The van der Waals surface area contributed by atoms with Gasteiger partial charge in [0.15, 0.2) is 0 Å². The lowest BCUT2D eigenvalue weighted by Gasteiger charge is -2.36. The van der Waals surface area contributed by atoms with E-state index in [1.165, 1.54) is 0 Å². The van der Waals surface area contributed by atoms with Crippen molar-refractivity contribution < 1.29 is 4.79 Å². The number of aromatic nitrogens is 1. The lowest BCUT2D eigenvalue weighted by Crippen LogP contribution is -2.47. The van der Waals surface area contributed by atoms with E-state index in [0.29, 0.717) is 11.1 Å². The number of halogens is 1. The van der Waals surface area contributed by atoms with Gasteiger partial charge in [0.05, 0.1) is 16.8 Å². The van der Waals surface area contributed by atoms with Gasteiger partial charge in [-0.25, -0.2) is 4.98 Å². The van der Waals surface area contributed by atoms with Gasteiger partial charge in [0.2, 0.25) is 0 Å². The normalized spacial score (nSPS) is 17.3. The second-order valence-electron chi connectivity index (χ2n) is 7.59. The Morgan fingerprint density at radius 1 is 1.14 bits per heavy atom. The number of carbonyl (C=O) groups excluding carboxylic acids is 1. The number of rotatable bonds is 3. The zero-order valence-electron chi connectivity index (χ0n) is 16.2. The van der Waals surface area contributed by atoms with Crippen molar-refractivity contribution in [3.63, 3.8) is 0 Å². The van der Waals surface area contributed by atoms with E-state index in [1.54, 1.807) is 0 Å². The summed E-state index contributed by atoms with van der Waals surface area (Å²) < 4.78 is 0. The number of para-hydroxylation sites is 1. The largest absolute Gasteiger partial charge is 0.337 e. The van der Waals surface area contributed by atoms with Crippen LogP contribution in [0, 0.1) is 0 Å². The van der Waals surface area contributed by atoms with E-state index in [1.807, 2.05) is 59.5 Å². The van der Waals surface area contributed by atoms with Crippen molar-refractivity contribution >= 4 is 28.4 Å². The predicted octanol–water partition coefficient (Wildman–Crippen LogP) is 4.72. The molecule has 4 nitrogen and oxygen atoms in total. The van der Waals surface area contributed by atoms with Crippen LogP contribution >= 0.6 is 11.6 Å². The lowest BCUT2D eigenvalue weighted by molar-refractivity contribution is 0.0637. The number of hydrogen-bond acceptors (Lipinski definition) is 3. The van der Waals surface area contributed by atoms with Crippen molar-refractivity contribution in [2.75, 3.05) is 27.2 Å². The van der Waals surface area contributed by atoms with Gasteiger partial charge in [-0.3, -0.25) is 4.79 Å². The summed E-state index contributed by atoms with van der Waals surface area (Å²) in [4.78, 5) is 22.5. The Morgan fingerprint density at radius 2 is 1.89 bits per heavy atom. The number of likely N-dealkylation sites (tertiary alicyclic amines) is 1. The van der Waals surface area contributed by atoms with Gasteiger partial charge >= 0.3 is 0 Å². The highest BCUT2D eigenvalue weighted by atomic mass is 35.5. The van der Waals surface area contributed by atoms with E-state index in [-0.39, 0.29) is 5.91 Å². The molecule has 0 aliphatic carbocycles. The van der Waals surface area contributed by atoms with Gasteiger partial charge < -0.3 is 9.80 Å². The first-order valence-electron chi connectivity index (χ1n) is 9.64. The Kier molecular flexibility index (Phi) is 5.33. The molecule has 0 bridgehead atoms. The average Bonchev–Trinajstić information content (AvgIpc) is 2.73. The van der Waals surface area contributed by atoms with Gasteiger partial charge in [0, 0.05) is 35.1 Å². The Morgan fingerprint density at radius 3 is 2.64 bits per heavy atom. The molecule has 0 spiro atoms. The lowest BCUT2D eigenvalue weighted by atomic mass is 10.0. The second kappa shape index (κ2) is 7.90. The average molecular weight is 394 g/mol. The molecule has 2 aromatic carbocycles. The topological polar surface area (TPSA) is 36.4 Å². The molecule has 1 saturated heterocycles. The van der Waals surface area contributed by atoms with Gasteiger partial charge in [0.1, 0.15) is 0 Å². The van der Waals surface area contributed by atoms with Crippen LogP contribution in [0.5, 0.6) is 0 Å². The molecule has 1 aromatic heterocycles. The van der Waals surface area contributed by atoms with Crippen LogP contribution in [0.4, 0.5) is 0 Å². The Balaban J connectivity index is 1.76. The number of benzene rings is 2. The summed E-state index contributed by atoms with van der Waals surface area (Å²) in [5.74, 6) is 0.0837. The smallest absolute Gasteiger partial charge is 0.254 e. The summed E-state index contributed by atoms with van der Waals surface area (Å²) >= 11 is 6.03. The fraction of sp³-hybridized carbons (Fsp3) is 0.304. The Hall–Kier alpha value is -2.43. The molecule has 1 fully saturated rings. The van der Waals surface area contributed by atoms with Crippen molar-refractivity contribution in [3.05, 3.63) is 65.2 Å². The predicted molar refractivity (Wildman–Crippen MR) is 115 cm³/mol. The molecule has 0 N–H and O–H groups in total. The quantitative estimate of drug-likeness (QED) is 0.645. The molecule has 1 aliphatic rings. The first-order chi connectivity index (χ1) is 13.5. The van der Waals surface area contributed by atoms with Crippen molar-refractivity contribution in [1.82, 2.24) is 14.8 Å². The Labute approximate surface area is 170 Å². The van der Waals surface area contributed by atoms with Crippen molar-refractivity contribution in [1.29, 1.82) is 0 Å². The summed E-state index contributed by atoms with van der Waals surface area (Å²) in [7, 11) is 4.16. The van der Waals surface area contributed by atoms with Gasteiger partial charge in [-0.05, 0) is 51.2 Å². The van der Waals surface area contributed by atoms with Gasteiger partial charge in [-0.15, -0.1) is 0 Å². The zero-order chi connectivity index (χ0) is 19.7. The summed E-state index contributed by atoms with van der Waals surface area (Å²) in [5, 5.41) is 1.58. The molecular weight excluding hydrogens is 370 g/mol. The van der Waals surface area contributed by atoms with Crippen LogP contribution in [0.15, 0.2) is 54.6 Å². The van der Waals surface area contributed by atoms with Crippen LogP contribution in [0.25, 0.3) is 22.2 Å². The van der Waals surface area contributed by atoms with Crippen LogP contribution < -0.4 is 0 Å². The molecule has 2 heterocycles. The van der Waals surface area contributed by atoms with Crippen LogP contribution in [-0.4, -0.2) is 53.9 Å². The fourth-order valence-corrected chi connectivity index (χ4v) is 3.98. The molecule has 0 radical (unpaired) electrons. The van der Waals surface area contributed by atoms with Crippen molar-refractivity contribution in [3.8, 4) is 11.3 Å². The molecule has 1 atom stereocenters. The van der Waals surface area contributed by atoms with E-state index < -0.39 is 0 Å². The monoisotopic (exact) mass is 393 g/mol. The number of fused-ring (bicyclic) bond motifs is 1.